The minimum Gasteiger partial charge on any atom is -0.493 e. The molecule has 0 radical (unpaired) electrons. The summed E-state index contributed by atoms with van der Waals surface area (Å²) in [5, 5.41) is 0.880. The normalized spacial score (nSPS) is 12.0. The van der Waals surface area contributed by atoms with Gasteiger partial charge in [-0.25, -0.2) is 4.99 Å². The zero-order valence-electron chi connectivity index (χ0n) is 16.3. The Morgan fingerprint density at radius 3 is 2.18 bits per heavy atom. The smallest absolute Gasteiger partial charge is 0.168 e. The third kappa shape index (κ3) is 5.51. The van der Waals surface area contributed by atoms with Crippen molar-refractivity contribution >= 4 is 22.5 Å². The number of benzene rings is 3. The molecule has 3 nitrogen and oxygen atoms in total. The maximum Gasteiger partial charge on any atom is 0.168 e. The summed E-state index contributed by atoms with van der Waals surface area (Å²) in [4.78, 5) is 5.97. The highest BCUT2D eigenvalue weighted by Gasteiger charge is 2.08. The van der Waals surface area contributed by atoms with Crippen LogP contribution in [0.1, 0.15) is 12.5 Å². The molecule has 0 atom stereocenters. The van der Waals surface area contributed by atoms with Gasteiger partial charge in [0.15, 0.2) is 11.5 Å². The second-order valence-corrected chi connectivity index (χ2v) is 7.30. The van der Waals surface area contributed by atoms with Crippen molar-refractivity contribution in [1.29, 1.82) is 0 Å². The fourth-order valence-electron chi connectivity index (χ4n) is 2.45. The Morgan fingerprint density at radius 1 is 0.857 bits per heavy atom. The number of methoxy groups -OCH3 is 1. The molecule has 28 heavy (non-hydrogen) atoms. The fourth-order valence-corrected chi connectivity index (χ4v) is 3.32. The Balaban J connectivity index is 1.89. The van der Waals surface area contributed by atoms with Crippen molar-refractivity contribution in [2.24, 2.45) is 4.99 Å². The molecule has 0 saturated carbocycles. The topological polar surface area (TPSA) is 30.8 Å². The zero-order valence-corrected chi connectivity index (χ0v) is 17.1. The average Bonchev–Trinajstić information content (AvgIpc) is 2.74. The van der Waals surface area contributed by atoms with Gasteiger partial charge >= 0.3 is 0 Å². The quantitative estimate of drug-likeness (QED) is 0.201. The summed E-state index contributed by atoms with van der Waals surface area (Å²) in [5.74, 6) is 1.36. The van der Waals surface area contributed by atoms with Crippen molar-refractivity contribution in [2.45, 2.75) is 18.7 Å². The van der Waals surface area contributed by atoms with Gasteiger partial charge in [0, 0.05) is 10.5 Å². The third-order valence-electron chi connectivity index (χ3n) is 3.99. The molecule has 0 aliphatic heterocycles. The molecule has 0 amide bonds. The summed E-state index contributed by atoms with van der Waals surface area (Å²) in [6.45, 7) is 4.07. The van der Waals surface area contributed by atoms with Gasteiger partial charge in [0.25, 0.3) is 0 Å². The molecule has 4 heteroatoms. The van der Waals surface area contributed by atoms with Gasteiger partial charge in [-0.15, -0.1) is 0 Å². The number of para-hydroxylation sites is 2. The Kier molecular flexibility index (Phi) is 6.93. The number of hydrogen-bond acceptors (Lipinski definition) is 4. The van der Waals surface area contributed by atoms with Gasteiger partial charge in [0.1, 0.15) is 5.04 Å². The van der Waals surface area contributed by atoms with E-state index < -0.39 is 0 Å². The minimum absolute atomic E-state index is 0.670. The van der Waals surface area contributed by atoms with E-state index >= 15 is 0 Å². The van der Waals surface area contributed by atoms with Crippen LogP contribution in [0, 0.1) is 6.92 Å². The minimum atomic E-state index is 0.670. The van der Waals surface area contributed by atoms with E-state index in [-0.39, 0.29) is 0 Å². The molecular formula is C24H23NO2S. The lowest BCUT2D eigenvalue weighted by Gasteiger charge is -2.10. The zero-order chi connectivity index (χ0) is 19.8. The van der Waals surface area contributed by atoms with Crippen LogP contribution in [0.25, 0.3) is 0 Å². The van der Waals surface area contributed by atoms with Gasteiger partial charge < -0.3 is 9.47 Å². The second kappa shape index (κ2) is 9.81. The van der Waals surface area contributed by atoms with Crippen molar-refractivity contribution in [3.05, 3.63) is 96.3 Å². The Morgan fingerprint density at radius 2 is 1.50 bits per heavy atom. The summed E-state index contributed by atoms with van der Waals surface area (Å²) >= 11 is 1.61. The van der Waals surface area contributed by atoms with E-state index in [1.165, 1.54) is 5.56 Å². The summed E-state index contributed by atoms with van der Waals surface area (Å²) in [5.41, 5.74) is 3.05. The van der Waals surface area contributed by atoms with Crippen LogP contribution in [0.2, 0.25) is 0 Å². The van der Waals surface area contributed by atoms with Crippen LogP contribution in [0.5, 0.6) is 11.5 Å². The first-order valence-electron chi connectivity index (χ1n) is 9.01. The summed E-state index contributed by atoms with van der Waals surface area (Å²) < 4.78 is 11.2. The lowest BCUT2D eigenvalue weighted by atomic mass is 10.2. The van der Waals surface area contributed by atoms with Gasteiger partial charge in [-0.1, -0.05) is 59.8 Å². The van der Waals surface area contributed by atoms with Gasteiger partial charge in [0.2, 0.25) is 0 Å². The highest BCUT2D eigenvalue weighted by molar-refractivity contribution is 8.14. The lowest BCUT2D eigenvalue weighted by molar-refractivity contribution is 0.377. The van der Waals surface area contributed by atoms with Gasteiger partial charge in [0.05, 0.1) is 19.1 Å². The molecule has 0 unspecified atom stereocenters. The first-order chi connectivity index (χ1) is 13.7. The van der Waals surface area contributed by atoms with E-state index in [9.17, 15) is 0 Å². The molecule has 3 rings (SSSR count). The maximum atomic E-state index is 5.88. The molecule has 0 fully saturated rings. The van der Waals surface area contributed by atoms with Crippen LogP contribution >= 0.6 is 11.8 Å². The predicted molar refractivity (Wildman–Crippen MR) is 118 cm³/mol. The van der Waals surface area contributed by atoms with Gasteiger partial charge in [-0.05, 0) is 50.2 Å². The first kappa shape index (κ1) is 19.8. The molecule has 3 aromatic carbocycles. The van der Waals surface area contributed by atoms with Crippen LogP contribution in [0.15, 0.2) is 101 Å². The Hall–Kier alpha value is -2.98. The van der Waals surface area contributed by atoms with Crippen LogP contribution in [-0.2, 0) is 0 Å². The van der Waals surface area contributed by atoms with E-state index in [0.29, 0.717) is 11.5 Å². The number of rotatable bonds is 6. The molecule has 0 aliphatic carbocycles. The lowest BCUT2D eigenvalue weighted by Crippen LogP contribution is -1.98. The highest BCUT2D eigenvalue weighted by atomic mass is 32.2. The van der Waals surface area contributed by atoms with Crippen molar-refractivity contribution < 1.29 is 9.47 Å². The maximum absolute atomic E-state index is 5.88. The van der Waals surface area contributed by atoms with Crippen molar-refractivity contribution in [3.8, 4) is 11.5 Å². The standard InChI is InChI=1S/C24H23NO2S/c1-18-13-15-20(16-14-18)25-24(28-21-9-5-4-6-10-21)19(2)17-27-23-12-8-7-11-22(23)26-3/h4-17H,1-3H3. The summed E-state index contributed by atoms with van der Waals surface area (Å²) in [6.07, 6.45) is 1.72. The number of aliphatic imine (C=N–C) groups is 1. The van der Waals surface area contributed by atoms with E-state index in [0.717, 1.165) is 21.2 Å². The summed E-state index contributed by atoms with van der Waals surface area (Å²) in [6, 6.07) is 26.0. The second-order valence-electron chi connectivity index (χ2n) is 6.24. The largest absolute Gasteiger partial charge is 0.493 e. The van der Waals surface area contributed by atoms with E-state index in [1.54, 1.807) is 25.1 Å². The number of aryl methyl sites for hydroxylation is 1. The van der Waals surface area contributed by atoms with E-state index in [2.05, 4.69) is 31.2 Å². The molecule has 0 spiro atoms. The number of nitrogens with zero attached hydrogens (tertiary/aromatic N) is 1. The van der Waals surface area contributed by atoms with Crippen LogP contribution in [-0.4, -0.2) is 12.2 Å². The fraction of sp³-hybridized carbons (Fsp3) is 0.125. The van der Waals surface area contributed by atoms with Crippen molar-refractivity contribution in [1.82, 2.24) is 0 Å². The Labute approximate surface area is 170 Å². The monoisotopic (exact) mass is 389 g/mol. The molecule has 0 N–H and O–H groups in total. The Bertz CT molecular complexity index is 963. The van der Waals surface area contributed by atoms with E-state index in [4.69, 9.17) is 14.5 Å². The first-order valence-corrected chi connectivity index (χ1v) is 9.82. The van der Waals surface area contributed by atoms with Gasteiger partial charge in [-0.2, -0.15) is 0 Å². The SMILES string of the molecule is COc1ccccc1OC=C(C)C(=Nc1ccc(C)cc1)Sc1ccccc1. The molecule has 3 aromatic rings. The van der Waals surface area contributed by atoms with Crippen molar-refractivity contribution in [2.75, 3.05) is 7.11 Å². The predicted octanol–water partition coefficient (Wildman–Crippen LogP) is 6.81. The summed E-state index contributed by atoms with van der Waals surface area (Å²) in [7, 11) is 1.63. The molecular weight excluding hydrogens is 366 g/mol. The van der Waals surface area contributed by atoms with Crippen LogP contribution in [0.3, 0.4) is 0 Å². The molecule has 0 bridgehead atoms. The molecule has 0 aromatic heterocycles. The van der Waals surface area contributed by atoms with E-state index in [1.807, 2.05) is 61.5 Å². The number of hydrogen-bond donors (Lipinski definition) is 0. The number of ether oxygens (including phenoxy) is 2. The molecule has 142 valence electrons. The third-order valence-corrected chi connectivity index (χ3v) is 5.11. The van der Waals surface area contributed by atoms with Crippen molar-refractivity contribution in [3.63, 3.8) is 0 Å². The molecule has 0 aliphatic rings. The molecule has 0 heterocycles. The average molecular weight is 390 g/mol. The highest BCUT2D eigenvalue weighted by Crippen LogP contribution is 2.29. The van der Waals surface area contributed by atoms with Gasteiger partial charge in [-0.3, -0.25) is 0 Å². The van der Waals surface area contributed by atoms with Crippen LogP contribution in [0.4, 0.5) is 5.69 Å². The molecule has 0 saturated heterocycles. The number of thioether (sulfide) groups is 1. The van der Waals surface area contributed by atoms with Crippen LogP contribution < -0.4 is 9.47 Å².